The van der Waals surface area contributed by atoms with Gasteiger partial charge in [0.05, 0.1) is 17.5 Å². The van der Waals surface area contributed by atoms with Gasteiger partial charge in [0.15, 0.2) is 0 Å². The summed E-state index contributed by atoms with van der Waals surface area (Å²) in [6, 6.07) is 6.20. The second kappa shape index (κ2) is 4.34. The molecule has 0 radical (unpaired) electrons. The van der Waals surface area contributed by atoms with Gasteiger partial charge in [0, 0.05) is 0 Å². The van der Waals surface area contributed by atoms with Gasteiger partial charge < -0.3 is 0 Å². The lowest BCUT2D eigenvalue weighted by atomic mass is 10.2. The number of nitrogens with one attached hydrogen (secondary N) is 1. The molecule has 1 heterocycles. The third-order valence-corrected chi connectivity index (χ3v) is 2.47. The minimum atomic E-state index is -0.454. The normalized spacial score (nSPS) is 10.3. The van der Waals surface area contributed by atoms with Crippen molar-refractivity contribution >= 4 is 5.91 Å². The van der Waals surface area contributed by atoms with Crippen LogP contribution in [-0.2, 0) is 0 Å². The molecular weight excluding hydrogens is 223 g/mol. The molecule has 5 nitrogen and oxygen atoms in total. The topological polar surface area (TPSA) is 72.9 Å². The average Bonchev–Trinajstić information content (AvgIpc) is 2.71. The van der Waals surface area contributed by atoms with E-state index in [1.54, 1.807) is 25.1 Å². The van der Waals surface area contributed by atoms with E-state index in [-0.39, 0.29) is 0 Å². The predicted molar refractivity (Wildman–Crippen MR) is 59.9 cm³/mol. The number of hydrazine groups is 1. The van der Waals surface area contributed by atoms with Crippen LogP contribution in [0.2, 0.25) is 0 Å². The monoisotopic (exact) mass is 234 g/mol. The van der Waals surface area contributed by atoms with E-state index in [0.29, 0.717) is 16.9 Å². The molecule has 0 aliphatic carbocycles. The first-order valence-electron chi connectivity index (χ1n) is 4.95. The summed E-state index contributed by atoms with van der Waals surface area (Å²) in [6.45, 7) is 1.67. The van der Waals surface area contributed by atoms with Crippen LogP contribution in [0.15, 0.2) is 30.5 Å². The zero-order valence-corrected chi connectivity index (χ0v) is 9.14. The molecule has 1 aromatic heterocycles. The lowest BCUT2D eigenvalue weighted by Crippen LogP contribution is -2.30. The van der Waals surface area contributed by atoms with Crippen LogP contribution in [0.4, 0.5) is 4.39 Å². The smallest absolute Gasteiger partial charge is 0.268 e. The maximum Gasteiger partial charge on any atom is 0.268 e. The third-order valence-electron chi connectivity index (χ3n) is 2.47. The molecule has 2 aromatic rings. The van der Waals surface area contributed by atoms with Crippen LogP contribution in [0.25, 0.3) is 5.69 Å². The maximum absolute atomic E-state index is 13.6. The highest BCUT2D eigenvalue weighted by molar-refractivity contribution is 5.94. The van der Waals surface area contributed by atoms with Gasteiger partial charge in [-0.2, -0.15) is 5.10 Å². The fraction of sp³-hybridized carbons (Fsp3) is 0.0909. The number of nitrogen functional groups attached to an aromatic ring is 1. The SMILES string of the molecule is Cc1c(C(=O)NN)cnn1-c1ccccc1F. The Bertz CT molecular complexity index is 564. The van der Waals surface area contributed by atoms with Gasteiger partial charge in [-0.3, -0.25) is 10.2 Å². The van der Waals surface area contributed by atoms with Gasteiger partial charge >= 0.3 is 0 Å². The van der Waals surface area contributed by atoms with Crippen LogP contribution in [0.3, 0.4) is 0 Å². The van der Waals surface area contributed by atoms with E-state index >= 15 is 0 Å². The van der Waals surface area contributed by atoms with Crippen LogP contribution in [0.1, 0.15) is 16.1 Å². The summed E-state index contributed by atoms with van der Waals surface area (Å²) in [5, 5.41) is 3.98. The van der Waals surface area contributed by atoms with Crippen molar-refractivity contribution < 1.29 is 9.18 Å². The van der Waals surface area contributed by atoms with Crippen LogP contribution in [0, 0.1) is 12.7 Å². The fourth-order valence-corrected chi connectivity index (χ4v) is 1.58. The predicted octanol–water partition coefficient (Wildman–Crippen LogP) is 0.923. The van der Waals surface area contributed by atoms with Gasteiger partial charge in [-0.25, -0.2) is 14.9 Å². The number of carbonyl (C=O) groups is 1. The van der Waals surface area contributed by atoms with E-state index in [4.69, 9.17) is 5.84 Å². The van der Waals surface area contributed by atoms with E-state index in [2.05, 4.69) is 5.10 Å². The Kier molecular flexibility index (Phi) is 2.88. The van der Waals surface area contributed by atoms with Gasteiger partial charge in [0.25, 0.3) is 5.91 Å². The molecule has 2 rings (SSSR count). The first kappa shape index (κ1) is 11.3. The molecule has 3 N–H and O–H groups in total. The van der Waals surface area contributed by atoms with Crippen LogP contribution in [-0.4, -0.2) is 15.7 Å². The number of benzene rings is 1. The number of halogens is 1. The summed E-state index contributed by atoms with van der Waals surface area (Å²) in [4.78, 5) is 11.4. The summed E-state index contributed by atoms with van der Waals surface area (Å²) in [5.41, 5.74) is 3.15. The van der Waals surface area contributed by atoms with Crippen LogP contribution < -0.4 is 11.3 Å². The first-order chi connectivity index (χ1) is 8.15. The Morgan fingerprint density at radius 2 is 2.18 bits per heavy atom. The van der Waals surface area contributed by atoms with Crippen molar-refractivity contribution in [1.82, 2.24) is 15.2 Å². The molecule has 1 amide bonds. The summed E-state index contributed by atoms with van der Waals surface area (Å²) in [5.74, 6) is 4.18. The minimum Gasteiger partial charge on any atom is -0.290 e. The summed E-state index contributed by atoms with van der Waals surface area (Å²) in [6.07, 6.45) is 1.35. The van der Waals surface area contributed by atoms with Crippen molar-refractivity contribution in [2.45, 2.75) is 6.92 Å². The van der Waals surface area contributed by atoms with E-state index in [0.717, 1.165) is 0 Å². The van der Waals surface area contributed by atoms with Gasteiger partial charge in [-0.1, -0.05) is 12.1 Å². The van der Waals surface area contributed by atoms with E-state index in [1.165, 1.54) is 16.9 Å². The molecule has 0 spiro atoms. The van der Waals surface area contributed by atoms with E-state index in [1.807, 2.05) is 5.43 Å². The number of hydrogen-bond donors (Lipinski definition) is 2. The largest absolute Gasteiger partial charge is 0.290 e. The number of amides is 1. The van der Waals surface area contributed by atoms with E-state index in [9.17, 15) is 9.18 Å². The lowest BCUT2D eigenvalue weighted by molar-refractivity contribution is 0.0953. The van der Waals surface area contributed by atoms with Gasteiger partial charge in [-0.05, 0) is 19.1 Å². The molecule has 0 atom stereocenters. The van der Waals surface area contributed by atoms with Crippen LogP contribution in [0.5, 0.6) is 0 Å². The van der Waals surface area contributed by atoms with Crippen molar-refractivity contribution in [3.63, 3.8) is 0 Å². The van der Waals surface area contributed by atoms with E-state index < -0.39 is 11.7 Å². The lowest BCUT2D eigenvalue weighted by Gasteiger charge is -2.05. The third kappa shape index (κ3) is 1.90. The zero-order chi connectivity index (χ0) is 12.4. The number of nitrogens with zero attached hydrogens (tertiary/aromatic N) is 2. The Hall–Kier alpha value is -2.21. The standard InChI is InChI=1S/C11H11FN4O/c1-7-8(11(17)15-13)6-14-16(7)10-5-3-2-4-9(10)12/h2-6H,13H2,1H3,(H,15,17). The Morgan fingerprint density at radius 3 is 2.82 bits per heavy atom. The van der Waals surface area contributed by atoms with Crippen molar-refractivity contribution in [2.75, 3.05) is 0 Å². The average molecular weight is 234 g/mol. The highest BCUT2D eigenvalue weighted by atomic mass is 19.1. The molecule has 1 aromatic carbocycles. The first-order valence-corrected chi connectivity index (χ1v) is 4.95. The fourth-order valence-electron chi connectivity index (χ4n) is 1.58. The number of carbonyl (C=O) groups excluding carboxylic acids is 1. The molecule has 0 aliphatic rings. The molecule has 0 aliphatic heterocycles. The van der Waals surface area contributed by atoms with Gasteiger partial charge in [-0.15, -0.1) is 0 Å². The van der Waals surface area contributed by atoms with Crippen molar-refractivity contribution in [3.8, 4) is 5.69 Å². The second-order valence-corrected chi connectivity index (χ2v) is 3.48. The summed E-state index contributed by atoms with van der Waals surface area (Å²) in [7, 11) is 0. The molecule has 88 valence electrons. The van der Waals surface area contributed by atoms with Gasteiger partial charge in [0.1, 0.15) is 11.5 Å². The second-order valence-electron chi connectivity index (χ2n) is 3.48. The van der Waals surface area contributed by atoms with Gasteiger partial charge in [0.2, 0.25) is 0 Å². The number of rotatable bonds is 2. The Labute approximate surface area is 97.0 Å². The minimum absolute atomic E-state index is 0.293. The number of nitrogens with two attached hydrogens (primary N) is 1. The highest BCUT2D eigenvalue weighted by Gasteiger charge is 2.15. The Morgan fingerprint density at radius 1 is 1.47 bits per heavy atom. The molecule has 6 heteroatoms. The molecule has 0 saturated heterocycles. The number of para-hydroxylation sites is 1. The van der Waals surface area contributed by atoms with Crippen molar-refractivity contribution in [2.24, 2.45) is 5.84 Å². The molecule has 0 fully saturated rings. The zero-order valence-electron chi connectivity index (χ0n) is 9.14. The summed E-state index contributed by atoms with van der Waals surface area (Å²) < 4.78 is 14.9. The highest BCUT2D eigenvalue weighted by Crippen LogP contribution is 2.16. The molecule has 0 bridgehead atoms. The Balaban J connectivity index is 2.52. The number of hydrogen-bond acceptors (Lipinski definition) is 3. The van der Waals surface area contributed by atoms with Crippen LogP contribution >= 0.6 is 0 Å². The molecule has 0 saturated carbocycles. The maximum atomic E-state index is 13.6. The molecule has 17 heavy (non-hydrogen) atoms. The number of aromatic nitrogens is 2. The van der Waals surface area contributed by atoms with Crippen molar-refractivity contribution in [3.05, 3.63) is 47.5 Å². The summed E-state index contributed by atoms with van der Waals surface area (Å²) >= 11 is 0. The quantitative estimate of drug-likeness (QED) is 0.461. The molecular formula is C11H11FN4O. The molecule has 0 unspecified atom stereocenters. The van der Waals surface area contributed by atoms with Crippen molar-refractivity contribution in [1.29, 1.82) is 0 Å².